The van der Waals surface area contributed by atoms with Gasteiger partial charge in [0.1, 0.15) is 5.75 Å². The summed E-state index contributed by atoms with van der Waals surface area (Å²) in [6.45, 7) is 0. The van der Waals surface area contributed by atoms with Crippen molar-refractivity contribution in [2.75, 3.05) is 0 Å². The lowest BCUT2D eigenvalue weighted by Crippen LogP contribution is -1.94. The predicted octanol–water partition coefficient (Wildman–Crippen LogP) is 4.51. The topological polar surface area (TPSA) is 46.5 Å². The molecule has 0 aromatic heterocycles. The Bertz CT molecular complexity index is 714. The number of aliphatic carboxylic acids is 1. The number of carbonyl (C=O) groups is 1. The first-order valence-corrected chi connectivity index (χ1v) is 6.17. The van der Waals surface area contributed by atoms with E-state index in [4.69, 9.17) is 21.4 Å². The van der Waals surface area contributed by atoms with Gasteiger partial charge in [0.2, 0.25) is 5.82 Å². The van der Waals surface area contributed by atoms with Crippen molar-refractivity contribution in [3.8, 4) is 11.5 Å². The van der Waals surface area contributed by atoms with Gasteiger partial charge >= 0.3 is 5.97 Å². The van der Waals surface area contributed by atoms with Crippen LogP contribution in [0.15, 0.2) is 42.5 Å². The molecule has 3 nitrogen and oxygen atoms in total. The molecule has 0 saturated carbocycles. The summed E-state index contributed by atoms with van der Waals surface area (Å²) in [7, 11) is 0. The SMILES string of the molecule is O=C(O)/C=C/c1ccc(Cl)cc1Oc1cccc(F)c1F. The highest BCUT2D eigenvalue weighted by molar-refractivity contribution is 6.30. The second kappa shape index (κ2) is 6.37. The Kier molecular flexibility index (Phi) is 4.55. The summed E-state index contributed by atoms with van der Waals surface area (Å²) in [4.78, 5) is 10.5. The van der Waals surface area contributed by atoms with Crippen LogP contribution in [0.25, 0.3) is 6.08 Å². The van der Waals surface area contributed by atoms with Crippen molar-refractivity contribution in [2.24, 2.45) is 0 Å². The minimum Gasteiger partial charge on any atom is -0.478 e. The molecule has 2 aromatic carbocycles. The van der Waals surface area contributed by atoms with Gasteiger partial charge in [0.25, 0.3) is 0 Å². The lowest BCUT2D eigenvalue weighted by Gasteiger charge is -2.10. The average molecular weight is 311 g/mol. The van der Waals surface area contributed by atoms with Gasteiger partial charge in [-0.1, -0.05) is 17.7 Å². The molecule has 0 saturated heterocycles. The lowest BCUT2D eigenvalue weighted by atomic mass is 10.2. The summed E-state index contributed by atoms with van der Waals surface area (Å²) in [5.74, 6) is -3.53. The minimum atomic E-state index is -1.15. The number of hydrogen-bond donors (Lipinski definition) is 1. The molecule has 108 valence electrons. The van der Waals surface area contributed by atoms with Crippen LogP contribution in [-0.2, 0) is 4.79 Å². The number of benzene rings is 2. The fourth-order valence-electron chi connectivity index (χ4n) is 1.58. The summed E-state index contributed by atoms with van der Waals surface area (Å²) >= 11 is 5.83. The molecule has 0 aliphatic carbocycles. The van der Waals surface area contributed by atoms with Crippen molar-refractivity contribution in [1.82, 2.24) is 0 Å². The first kappa shape index (κ1) is 15.0. The van der Waals surface area contributed by atoms with Gasteiger partial charge in [-0.15, -0.1) is 0 Å². The Morgan fingerprint density at radius 3 is 2.67 bits per heavy atom. The monoisotopic (exact) mass is 310 g/mol. The molecule has 0 amide bonds. The van der Waals surface area contributed by atoms with Crippen LogP contribution >= 0.6 is 11.6 Å². The second-order valence-electron chi connectivity index (χ2n) is 4.01. The lowest BCUT2D eigenvalue weighted by molar-refractivity contribution is -0.131. The third kappa shape index (κ3) is 3.79. The van der Waals surface area contributed by atoms with E-state index >= 15 is 0 Å². The molecule has 0 radical (unpaired) electrons. The highest BCUT2D eigenvalue weighted by Gasteiger charge is 2.12. The molecule has 0 spiro atoms. The third-order valence-electron chi connectivity index (χ3n) is 2.52. The van der Waals surface area contributed by atoms with Crippen LogP contribution in [0, 0.1) is 11.6 Å². The van der Waals surface area contributed by atoms with Gasteiger partial charge in [0.05, 0.1) is 0 Å². The van der Waals surface area contributed by atoms with Crippen LogP contribution in [0.1, 0.15) is 5.56 Å². The van der Waals surface area contributed by atoms with E-state index in [0.29, 0.717) is 10.6 Å². The number of ether oxygens (including phenoxy) is 1. The highest BCUT2D eigenvalue weighted by atomic mass is 35.5. The summed E-state index contributed by atoms with van der Waals surface area (Å²) < 4.78 is 32.0. The fraction of sp³-hybridized carbons (Fsp3) is 0. The number of rotatable bonds is 4. The van der Waals surface area contributed by atoms with Crippen LogP contribution in [0.4, 0.5) is 8.78 Å². The average Bonchev–Trinajstić information content (AvgIpc) is 2.43. The Morgan fingerprint density at radius 1 is 1.19 bits per heavy atom. The van der Waals surface area contributed by atoms with Gasteiger partial charge < -0.3 is 9.84 Å². The van der Waals surface area contributed by atoms with Crippen LogP contribution in [0.2, 0.25) is 5.02 Å². The molecule has 21 heavy (non-hydrogen) atoms. The van der Waals surface area contributed by atoms with Gasteiger partial charge in [-0.3, -0.25) is 0 Å². The molecule has 0 aliphatic heterocycles. The predicted molar refractivity (Wildman–Crippen MR) is 74.6 cm³/mol. The summed E-state index contributed by atoms with van der Waals surface area (Å²) in [6.07, 6.45) is 2.17. The smallest absolute Gasteiger partial charge is 0.328 e. The zero-order chi connectivity index (χ0) is 15.4. The van der Waals surface area contributed by atoms with Gasteiger partial charge in [0, 0.05) is 22.7 Å². The molecule has 1 N–H and O–H groups in total. The van der Waals surface area contributed by atoms with E-state index in [1.165, 1.54) is 36.4 Å². The van der Waals surface area contributed by atoms with Crippen LogP contribution in [-0.4, -0.2) is 11.1 Å². The van der Waals surface area contributed by atoms with Gasteiger partial charge in [0.15, 0.2) is 11.6 Å². The quantitative estimate of drug-likeness (QED) is 0.845. The van der Waals surface area contributed by atoms with Crippen molar-refractivity contribution in [1.29, 1.82) is 0 Å². The standard InChI is InChI=1S/C15H9ClF2O3/c16-10-6-4-9(5-7-14(19)20)13(8-10)21-12-3-1-2-11(17)15(12)18/h1-8H,(H,19,20)/b7-5+. The maximum Gasteiger partial charge on any atom is 0.328 e. The van der Waals surface area contributed by atoms with Crippen LogP contribution in [0.5, 0.6) is 11.5 Å². The van der Waals surface area contributed by atoms with Gasteiger partial charge in [-0.05, 0) is 30.3 Å². The summed E-state index contributed by atoms with van der Waals surface area (Å²) in [5.41, 5.74) is 0.366. The molecule has 2 aromatic rings. The maximum atomic E-state index is 13.6. The van der Waals surface area contributed by atoms with E-state index in [1.807, 2.05) is 0 Å². The number of hydrogen-bond acceptors (Lipinski definition) is 2. The molecule has 0 heterocycles. The van der Waals surface area contributed by atoms with Crippen LogP contribution in [0.3, 0.4) is 0 Å². The molecule has 0 atom stereocenters. The van der Waals surface area contributed by atoms with E-state index in [-0.39, 0.29) is 11.5 Å². The van der Waals surface area contributed by atoms with E-state index in [0.717, 1.165) is 12.1 Å². The largest absolute Gasteiger partial charge is 0.478 e. The second-order valence-corrected chi connectivity index (χ2v) is 4.44. The molecular weight excluding hydrogens is 302 g/mol. The zero-order valence-electron chi connectivity index (χ0n) is 10.5. The molecule has 2 rings (SSSR count). The number of carboxylic acid groups (broad SMARTS) is 1. The normalized spacial score (nSPS) is 10.8. The Hall–Kier alpha value is -2.40. The van der Waals surface area contributed by atoms with E-state index in [1.54, 1.807) is 0 Å². The van der Waals surface area contributed by atoms with Crippen molar-refractivity contribution < 1.29 is 23.4 Å². The van der Waals surface area contributed by atoms with Crippen molar-refractivity contribution in [3.63, 3.8) is 0 Å². The number of halogens is 3. The molecule has 0 aliphatic rings. The molecular formula is C15H9ClF2O3. The van der Waals surface area contributed by atoms with Crippen molar-refractivity contribution in [3.05, 3.63) is 64.7 Å². The highest BCUT2D eigenvalue weighted by Crippen LogP contribution is 2.31. The Morgan fingerprint density at radius 2 is 1.95 bits per heavy atom. The minimum absolute atomic E-state index is 0.115. The van der Waals surface area contributed by atoms with Crippen molar-refractivity contribution in [2.45, 2.75) is 0 Å². The molecule has 6 heteroatoms. The van der Waals surface area contributed by atoms with E-state index < -0.39 is 17.6 Å². The van der Waals surface area contributed by atoms with Gasteiger partial charge in [-0.2, -0.15) is 4.39 Å². The van der Waals surface area contributed by atoms with Crippen LogP contribution < -0.4 is 4.74 Å². The summed E-state index contributed by atoms with van der Waals surface area (Å²) in [6, 6.07) is 7.93. The van der Waals surface area contributed by atoms with Crippen molar-refractivity contribution >= 4 is 23.6 Å². The molecule has 0 fully saturated rings. The first-order valence-electron chi connectivity index (χ1n) is 5.80. The first-order chi connectivity index (χ1) is 9.97. The number of carboxylic acids is 1. The van der Waals surface area contributed by atoms with Gasteiger partial charge in [-0.25, -0.2) is 9.18 Å². The zero-order valence-corrected chi connectivity index (χ0v) is 11.3. The molecule has 0 unspecified atom stereocenters. The third-order valence-corrected chi connectivity index (χ3v) is 2.75. The Balaban J connectivity index is 2.40. The summed E-state index contributed by atoms with van der Waals surface area (Å²) in [5, 5.41) is 8.94. The maximum absolute atomic E-state index is 13.6. The van der Waals surface area contributed by atoms with E-state index in [9.17, 15) is 13.6 Å². The van der Waals surface area contributed by atoms with E-state index in [2.05, 4.69) is 0 Å². The molecule has 0 bridgehead atoms. The fourth-order valence-corrected chi connectivity index (χ4v) is 1.74. The Labute approximate surface area is 124 Å².